The fraction of sp³-hybridized carbons (Fsp3) is 0.350. The molecule has 3 N–H and O–H groups in total. The zero-order valence-corrected chi connectivity index (χ0v) is 15.7. The molecule has 0 saturated carbocycles. The predicted octanol–water partition coefficient (Wildman–Crippen LogP) is 2.46. The number of halogens is 1. The van der Waals surface area contributed by atoms with Crippen molar-refractivity contribution in [2.24, 2.45) is 4.99 Å². The van der Waals surface area contributed by atoms with E-state index in [1.807, 2.05) is 31.2 Å². The zero-order chi connectivity index (χ0) is 19.5. The summed E-state index contributed by atoms with van der Waals surface area (Å²) in [5.41, 5.74) is 1.79. The number of aliphatic imine (C=N–C) groups is 1. The second kappa shape index (κ2) is 11.0. The van der Waals surface area contributed by atoms with Crippen molar-refractivity contribution in [1.82, 2.24) is 10.6 Å². The highest BCUT2D eigenvalue weighted by Gasteiger charge is 2.06. The van der Waals surface area contributed by atoms with E-state index in [-0.39, 0.29) is 19.0 Å². The molecule has 0 amide bonds. The number of guanidine groups is 1. The highest BCUT2D eigenvalue weighted by atomic mass is 19.1. The Morgan fingerprint density at radius 2 is 1.96 bits per heavy atom. The molecule has 2 rings (SSSR count). The monoisotopic (exact) mass is 375 g/mol. The molecule has 0 aliphatic carbocycles. The fourth-order valence-corrected chi connectivity index (χ4v) is 2.43. The highest BCUT2D eigenvalue weighted by Crippen LogP contribution is 2.27. The van der Waals surface area contributed by atoms with E-state index in [4.69, 9.17) is 14.6 Å². The summed E-state index contributed by atoms with van der Waals surface area (Å²) >= 11 is 0. The van der Waals surface area contributed by atoms with Crippen LogP contribution in [0.1, 0.15) is 18.1 Å². The third kappa shape index (κ3) is 6.79. The van der Waals surface area contributed by atoms with Crippen molar-refractivity contribution in [1.29, 1.82) is 0 Å². The molecule has 0 radical (unpaired) electrons. The Kier molecular flexibility index (Phi) is 8.38. The van der Waals surface area contributed by atoms with Crippen LogP contribution in [0, 0.1) is 5.82 Å². The number of ether oxygens (including phenoxy) is 2. The number of methoxy groups -OCH3 is 1. The Balaban J connectivity index is 2.01. The van der Waals surface area contributed by atoms with E-state index in [2.05, 4.69) is 15.6 Å². The van der Waals surface area contributed by atoms with Crippen LogP contribution in [0.15, 0.2) is 47.5 Å². The summed E-state index contributed by atoms with van der Waals surface area (Å²) < 4.78 is 24.0. The minimum Gasteiger partial charge on any atom is -0.493 e. The minimum absolute atomic E-state index is 0.0553. The summed E-state index contributed by atoms with van der Waals surface area (Å²) in [6.45, 7) is 3.77. The molecule has 0 heterocycles. The summed E-state index contributed by atoms with van der Waals surface area (Å²) in [5.74, 6) is 1.56. The van der Waals surface area contributed by atoms with Gasteiger partial charge in [-0.25, -0.2) is 9.38 Å². The molecular formula is C20H26FN3O3. The van der Waals surface area contributed by atoms with Gasteiger partial charge in [-0.05, 0) is 42.3 Å². The van der Waals surface area contributed by atoms with Crippen molar-refractivity contribution in [2.45, 2.75) is 20.0 Å². The molecule has 0 fully saturated rings. The molecule has 0 saturated heterocycles. The first kappa shape index (κ1) is 20.5. The molecule has 6 nitrogen and oxygen atoms in total. The topological polar surface area (TPSA) is 75.1 Å². The largest absolute Gasteiger partial charge is 0.493 e. The molecule has 0 aliphatic rings. The zero-order valence-electron chi connectivity index (χ0n) is 15.7. The van der Waals surface area contributed by atoms with Crippen LogP contribution in [0.4, 0.5) is 4.39 Å². The Hall–Kier alpha value is -2.80. The number of hydrogen-bond acceptors (Lipinski definition) is 4. The molecule has 27 heavy (non-hydrogen) atoms. The average molecular weight is 375 g/mol. The van der Waals surface area contributed by atoms with Gasteiger partial charge in [-0.15, -0.1) is 0 Å². The van der Waals surface area contributed by atoms with Gasteiger partial charge in [-0.3, -0.25) is 0 Å². The molecule has 146 valence electrons. The van der Waals surface area contributed by atoms with Gasteiger partial charge in [0, 0.05) is 13.1 Å². The van der Waals surface area contributed by atoms with Crippen LogP contribution < -0.4 is 20.1 Å². The Morgan fingerprint density at radius 3 is 2.67 bits per heavy atom. The van der Waals surface area contributed by atoms with E-state index < -0.39 is 0 Å². The Morgan fingerprint density at radius 1 is 1.11 bits per heavy atom. The molecule has 2 aromatic rings. The third-order valence-corrected chi connectivity index (χ3v) is 3.69. The first-order valence-corrected chi connectivity index (χ1v) is 8.83. The lowest BCUT2D eigenvalue weighted by atomic mass is 10.2. The molecular weight excluding hydrogens is 349 g/mol. The van der Waals surface area contributed by atoms with Gasteiger partial charge in [0.1, 0.15) is 12.4 Å². The highest BCUT2D eigenvalue weighted by molar-refractivity contribution is 5.79. The van der Waals surface area contributed by atoms with Gasteiger partial charge in [-0.2, -0.15) is 0 Å². The normalized spacial score (nSPS) is 11.2. The number of nitrogens with one attached hydrogen (secondary N) is 2. The second-order valence-electron chi connectivity index (χ2n) is 5.74. The van der Waals surface area contributed by atoms with E-state index in [0.29, 0.717) is 37.1 Å². The van der Waals surface area contributed by atoms with E-state index >= 15 is 0 Å². The van der Waals surface area contributed by atoms with Gasteiger partial charge < -0.3 is 25.2 Å². The maximum Gasteiger partial charge on any atom is 0.191 e. The predicted molar refractivity (Wildman–Crippen MR) is 104 cm³/mol. The average Bonchev–Trinajstić information content (AvgIpc) is 2.68. The van der Waals surface area contributed by atoms with Crippen molar-refractivity contribution >= 4 is 5.96 Å². The van der Waals surface area contributed by atoms with Crippen LogP contribution in [0.3, 0.4) is 0 Å². The van der Waals surface area contributed by atoms with E-state index in [0.717, 1.165) is 11.1 Å². The van der Waals surface area contributed by atoms with Crippen molar-refractivity contribution in [2.75, 3.05) is 26.9 Å². The van der Waals surface area contributed by atoms with Gasteiger partial charge in [0.15, 0.2) is 17.5 Å². The molecule has 0 unspecified atom stereocenters. The van der Waals surface area contributed by atoms with Crippen LogP contribution in [0.2, 0.25) is 0 Å². The first-order valence-electron chi connectivity index (χ1n) is 8.83. The Labute approximate surface area is 159 Å². The summed E-state index contributed by atoms with van der Waals surface area (Å²) in [6, 6.07) is 12.0. The van der Waals surface area contributed by atoms with E-state index in [1.165, 1.54) is 12.1 Å². The van der Waals surface area contributed by atoms with Crippen LogP contribution in [0.25, 0.3) is 0 Å². The summed E-state index contributed by atoms with van der Waals surface area (Å²) in [7, 11) is 1.57. The number of hydrogen-bond donors (Lipinski definition) is 3. The summed E-state index contributed by atoms with van der Waals surface area (Å²) in [6.07, 6.45) is 0. The standard InChI is InChI=1S/C20H26FN3O3/c1-3-22-20(23-13-15-5-4-6-17(21)11-15)24-14-16-7-8-18(27-10-9-25)19(12-16)26-2/h4-8,11-12,25H,3,9-10,13-14H2,1-2H3,(H2,22,23,24). The number of aliphatic hydroxyl groups is 1. The number of rotatable bonds is 9. The lowest BCUT2D eigenvalue weighted by molar-refractivity contribution is 0.196. The number of aliphatic hydroxyl groups excluding tert-OH is 1. The fourth-order valence-electron chi connectivity index (χ4n) is 2.43. The lowest BCUT2D eigenvalue weighted by Crippen LogP contribution is -2.36. The Bertz CT molecular complexity index is 753. The van der Waals surface area contributed by atoms with Gasteiger partial charge in [0.05, 0.1) is 20.3 Å². The first-order chi connectivity index (χ1) is 13.2. The third-order valence-electron chi connectivity index (χ3n) is 3.69. The maximum absolute atomic E-state index is 13.3. The van der Waals surface area contributed by atoms with Crippen molar-refractivity contribution < 1.29 is 19.0 Å². The molecule has 0 atom stereocenters. The lowest BCUT2D eigenvalue weighted by Gasteiger charge is -2.14. The smallest absolute Gasteiger partial charge is 0.191 e. The SMILES string of the molecule is CCNC(=NCc1cccc(F)c1)NCc1ccc(OCCO)c(OC)c1. The molecule has 0 bridgehead atoms. The molecule has 0 aliphatic heterocycles. The van der Waals surface area contributed by atoms with Crippen LogP contribution >= 0.6 is 0 Å². The number of nitrogens with zero attached hydrogens (tertiary/aromatic N) is 1. The van der Waals surface area contributed by atoms with E-state index in [9.17, 15) is 4.39 Å². The molecule has 2 aromatic carbocycles. The molecule has 0 aromatic heterocycles. The van der Waals surface area contributed by atoms with Crippen molar-refractivity contribution in [3.05, 3.63) is 59.4 Å². The van der Waals surface area contributed by atoms with Gasteiger partial charge >= 0.3 is 0 Å². The van der Waals surface area contributed by atoms with E-state index in [1.54, 1.807) is 13.2 Å². The van der Waals surface area contributed by atoms with Crippen LogP contribution in [0.5, 0.6) is 11.5 Å². The van der Waals surface area contributed by atoms with Gasteiger partial charge in [0.2, 0.25) is 0 Å². The van der Waals surface area contributed by atoms with Gasteiger partial charge in [0.25, 0.3) is 0 Å². The van der Waals surface area contributed by atoms with Crippen LogP contribution in [-0.4, -0.2) is 37.9 Å². The maximum atomic E-state index is 13.3. The summed E-state index contributed by atoms with van der Waals surface area (Å²) in [4.78, 5) is 4.48. The molecule has 0 spiro atoms. The van der Waals surface area contributed by atoms with Gasteiger partial charge in [-0.1, -0.05) is 18.2 Å². The summed E-state index contributed by atoms with van der Waals surface area (Å²) in [5, 5.41) is 15.3. The second-order valence-corrected chi connectivity index (χ2v) is 5.74. The van der Waals surface area contributed by atoms with Crippen molar-refractivity contribution in [3.8, 4) is 11.5 Å². The number of benzene rings is 2. The van der Waals surface area contributed by atoms with Crippen molar-refractivity contribution in [3.63, 3.8) is 0 Å². The minimum atomic E-state index is -0.267. The van der Waals surface area contributed by atoms with Crippen LogP contribution in [-0.2, 0) is 13.1 Å². The quantitative estimate of drug-likeness (QED) is 0.464. The molecule has 7 heteroatoms.